The maximum absolute atomic E-state index is 14.0. The van der Waals surface area contributed by atoms with Crippen LogP contribution in [-0.2, 0) is 4.74 Å². The molecule has 0 atom stereocenters. The molecule has 1 aromatic carbocycles. The van der Waals surface area contributed by atoms with Gasteiger partial charge in [-0.2, -0.15) is 4.37 Å². The highest BCUT2D eigenvalue weighted by Crippen LogP contribution is 2.43. The Balaban J connectivity index is 2.06. The second-order valence-corrected chi connectivity index (χ2v) is 6.29. The summed E-state index contributed by atoms with van der Waals surface area (Å²) in [5.74, 6) is 1.54. The van der Waals surface area contributed by atoms with Crippen molar-refractivity contribution in [3.8, 4) is 28.5 Å². The van der Waals surface area contributed by atoms with E-state index < -0.39 is 0 Å². The lowest BCUT2D eigenvalue weighted by atomic mass is 10.0. The molecule has 3 rings (SSSR count). The first-order chi connectivity index (χ1) is 13.1. The summed E-state index contributed by atoms with van der Waals surface area (Å²) < 4.78 is 39.9. The molecule has 2 aromatic rings. The Kier molecular flexibility index (Phi) is 5.81. The van der Waals surface area contributed by atoms with Gasteiger partial charge in [-0.3, -0.25) is 0 Å². The van der Waals surface area contributed by atoms with Crippen LogP contribution in [0.5, 0.6) is 17.2 Å². The molecule has 27 heavy (non-hydrogen) atoms. The number of halogens is 1. The zero-order valence-electron chi connectivity index (χ0n) is 15.5. The van der Waals surface area contributed by atoms with Crippen LogP contribution < -0.4 is 14.2 Å². The van der Waals surface area contributed by atoms with Crippen molar-refractivity contribution in [2.45, 2.75) is 6.42 Å². The number of ether oxygens (including phenoxy) is 4. The predicted octanol–water partition coefficient (Wildman–Crippen LogP) is 5.01. The highest BCUT2D eigenvalue weighted by atomic mass is 32.1. The minimum atomic E-state index is -0.304. The van der Waals surface area contributed by atoms with E-state index in [0.717, 1.165) is 22.4 Å². The number of allylic oxidation sites excluding steroid dienone is 5. The highest BCUT2D eigenvalue weighted by Gasteiger charge is 2.19. The maximum Gasteiger partial charge on any atom is 0.203 e. The van der Waals surface area contributed by atoms with E-state index >= 15 is 0 Å². The molecule has 0 unspecified atom stereocenters. The van der Waals surface area contributed by atoms with E-state index in [2.05, 4.69) is 4.37 Å². The summed E-state index contributed by atoms with van der Waals surface area (Å²) in [4.78, 5) is 0. The van der Waals surface area contributed by atoms with Gasteiger partial charge in [-0.1, -0.05) is 12.2 Å². The molecule has 0 saturated carbocycles. The molecule has 0 spiro atoms. The summed E-state index contributed by atoms with van der Waals surface area (Å²) in [7, 11) is 6.16. The molecule has 0 radical (unpaired) electrons. The molecule has 1 aromatic heterocycles. The van der Waals surface area contributed by atoms with E-state index in [4.69, 9.17) is 18.9 Å². The van der Waals surface area contributed by atoms with Gasteiger partial charge in [0.1, 0.15) is 5.83 Å². The smallest absolute Gasteiger partial charge is 0.203 e. The second kappa shape index (κ2) is 8.26. The molecule has 1 aliphatic rings. The van der Waals surface area contributed by atoms with Crippen molar-refractivity contribution < 1.29 is 23.3 Å². The standard InChI is InChI=1S/C20H20FNO4S/c1-23-16-8-6-12(5-7-15(16)21)14-11-27-22-19(14)13-9-17(24-2)20(26-4)18(10-13)25-3/h5-6,8-11H,7H2,1-4H3. The van der Waals surface area contributed by atoms with Gasteiger partial charge in [0.25, 0.3) is 0 Å². The minimum absolute atomic E-state index is 0.163. The quantitative estimate of drug-likeness (QED) is 0.695. The fourth-order valence-electron chi connectivity index (χ4n) is 2.87. The zero-order valence-corrected chi connectivity index (χ0v) is 16.4. The molecule has 142 valence electrons. The Labute approximate surface area is 161 Å². The number of rotatable bonds is 6. The van der Waals surface area contributed by atoms with Gasteiger partial charge in [-0.15, -0.1) is 0 Å². The molecule has 0 amide bonds. The molecule has 0 fully saturated rings. The Morgan fingerprint density at radius 3 is 2.26 bits per heavy atom. The number of methoxy groups -OCH3 is 4. The van der Waals surface area contributed by atoms with Crippen LogP contribution in [0.4, 0.5) is 4.39 Å². The van der Waals surface area contributed by atoms with E-state index in [9.17, 15) is 4.39 Å². The van der Waals surface area contributed by atoms with Crippen LogP contribution in [0, 0.1) is 0 Å². The lowest BCUT2D eigenvalue weighted by Gasteiger charge is -2.14. The Bertz CT molecular complexity index is 905. The van der Waals surface area contributed by atoms with E-state index in [0.29, 0.717) is 17.2 Å². The first-order valence-electron chi connectivity index (χ1n) is 8.18. The molecular weight excluding hydrogens is 369 g/mol. The van der Waals surface area contributed by atoms with Gasteiger partial charge in [-0.05, 0) is 35.3 Å². The summed E-state index contributed by atoms with van der Waals surface area (Å²) in [6, 6.07) is 3.70. The molecule has 5 nitrogen and oxygen atoms in total. The summed E-state index contributed by atoms with van der Waals surface area (Å²) in [6.07, 6.45) is 5.44. The van der Waals surface area contributed by atoms with Crippen molar-refractivity contribution in [3.63, 3.8) is 0 Å². The van der Waals surface area contributed by atoms with Gasteiger partial charge in [-0.25, -0.2) is 4.39 Å². The van der Waals surface area contributed by atoms with Crippen LogP contribution >= 0.6 is 11.5 Å². The van der Waals surface area contributed by atoms with Crippen LogP contribution in [0.3, 0.4) is 0 Å². The predicted molar refractivity (Wildman–Crippen MR) is 104 cm³/mol. The zero-order chi connectivity index (χ0) is 19.4. The third-order valence-electron chi connectivity index (χ3n) is 4.22. The molecule has 0 N–H and O–H groups in total. The van der Waals surface area contributed by atoms with E-state index in [1.807, 2.05) is 29.7 Å². The van der Waals surface area contributed by atoms with Gasteiger partial charge in [0.15, 0.2) is 17.3 Å². The van der Waals surface area contributed by atoms with Crippen LogP contribution in [0.2, 0.25) is 0 Å². The fraction of sp³-hybridized carbons (Fsp3) is 0.250. The molecule has 1 aliphatic carbocycles. The third-order valence-corrected chi connectivity index (χ3v) is 4.85. The average Bonchev–Trinajstić information content (AvgIpc) is 3.11. The van der Waals surface area contributed by atoms with Crippen molar-refractivity contribution >= 4 is 17.1 Å². The molecular formula is C20H20FNO4S. The van der Waals surface area contributed by atoms with E-state index in [1.54, 1.807) is 27.4 Å². The van der Waals surface area contributed by atoms with E-state index in [-0.39, 0.29) is 18.0 Å². The van der Waals surface area contributed by atoms with Crippen molar-refractivity contribution in [1.82, 2.24) is 4.37 Å². The first-order valence-corrected chi connectivity index (χ1v) is 9.02. The molecule has 1 heterocycles. The third kappa shape index (κ3) is 3.68. The molecule has 0 bridgehead atoms. The fourth-order valence-corrected chi connectivity index (χ4v) is 3.59. The Morgan fingerprint density at radius 2 is 1.67 bits per heavy atom. The van der Waals surface area contributed by atoms with Gasteiger partial charge in [0.2, 0.25) is 5.75 Å². The lowest BCUT2D eigenvalue weighted by Crippen LogP contribution is -1.96. The summed E-state index contributed by atoms with van der Waals surface area (Å²) in [6.45, 7) is 0. The van der Waals surface area contributed by atoms with Crippen LogP contribution in [0.15, 0.2) is 47.3 Å². The molecule has 0 aliphatic heterocycles. The van der Waals surface area contributed by atoms with Gasteiger partial charge < -0.3 is 18.9 Å². The number of aromatic nitrogens is 1. The minimum Gasteiger partial charge on any atom is -0.494 e. The molecule has 0 saturated heterocycles. The van der Waals surface area contributed by atoms with Crippen LogP contribution in [-0.4, -0.2) is 32.8 Å². The maximum atomic E-state index is 14.0. The number of benzene rings is 1. The van der Waals surface area contributed by atoms with Crippen molar-refractivity contribution in [1.29, 1.82) is 0 Å². The monoisotopic (exact) mass is 389 g/mol. The number of hydrogen-bond acceptors (Lipinski definition) is 6. The number of nitrogens with zero attached hydrogens (tertiary/aromatic N) is 1. The topological polar surface area (TPSA) is 49.8 Å². The van der Waals surface area contributed by atoms with Crippen molar-refractivity contribution in [2.24, 2.45) is 0 Å². The number of hydrogen-bond donors (Lipinski definition) is 0. The SMILES string of the molecule is COC1=C(F)CC=C(c2csnc2-c2cc(OC)c(OC)c(OC)c2)C=C1. The summed E-state index contributed by atoms with van der Waals surface area (Å²) in [5.41, 5.74) is 3.35. The van der Waals surface area contributed by atoms with Crippen molar-refractivity contribution in [3.05, 3.63) is 52.9 Å². The second-order valence-electron chi connectivity index (χ2n) is 5.66. The summed E-state index contributed by atoms with van der Waals surface area (Å²) in [5, 5.41) is 1.93. The van der Waals surface area contributed by atoms with Crippen molar-refractivity contribution in [2.75, 3.05) is 28.4 Å². The van der Waals surface area contributed by atoms with Gasteiger partial charge >= 0.3 is 0 Å². The van der Waals surface area contributed by atoms with Gasteiger partial charge in [0.05, 0.1) is 34.1 Å². The normalized spacial score (nSPS) is 13.9. The largest absolute Gasteiger partial charge is 0.494 e. The van der Waals surface area contributed by atoms with Gasteiger partial charge in [0, 0.05) is 22.9 Å². The highest BCUT2D eigenvalue weighted by molar-refractivity contribution is 7.04. The summed E-state index contributed by atoms with van der Waals surface area (Å²) >= 11 is 1.33. The van der Waals surface area contributed by atoms with Crippen LogP contribution in [0.25, 0.3) is 16.8 Å². The average molecular weight is 389 g/mol. The lowest BCUT2D eigenvalue weighted by molar-refractivity contribution is 0.289. The Morgan fingerprint density at radius 1 is 0.963 bits per heavy atom. The van der Waals surface area contributed by atoms with E-state index in [1.165, 1.54) is 18.6 Å². The Hall–Kier alpha value is -2.80. The van der Waals surface area contributed by atoms with Crippen LogP contribution in [0.1, 0.15) is 12.0 Å². The first kappa shape index (κ1) is 19.0. The molecule has 7 heteroatoms.